The van der Waals surface area contributed by atoms with Gasteiger partial charge in [0, 0.05) is 38.3 Å². The highest BCUT2D eigenvalue weighted by molar-refractivity contribution is 7.89. The highest BCUT2D eigenvalue weighted by Crippen LogP contribution is 2.40. The molecule has 1 aliphatic heterocycles. The van der Waals surface area contributed by atoms with E-state index < -0.39 is 39.3 Å². The van der Waals surface area contributed by atoms with Gasteiger partial charge >= 0.3 is 0 Å². The Balaban J connectivity index is 2.14. The Morgan fingerprint density at radius 2 is 1.64 bits per heavy atom. The van der Waals surface area contributed by atoms with Crippen LogP contribution < -0.4 is 0 Å². The fourth-order valence-electron chi connectivity index (χ4n) is 3.59. The number of carbonyl (C=O) groups is 2. The van der Waals surface area contributed by atoms with Crippen LogP contribution in [0.2, 0.25) is 0 Å². The van der Waals surface area contributed by atoms with Crippen molar-refractivity contribution < 1.29 is 27.5 Å². The number of carbonyl (C=O) groups excluding carboxylic acids is 2. The topological polar surface area (TPSA) is 98.2 Å². The van der Waals surface area contributed by atoms with Gasteiger partial charge in [0.15, 0.2) is 0 Å². The molecule has 1 amide bonds. The molecule has 1 N–H and O–H groups in total. The largest absolute Gasteiger partial charge is 0.507 e. The molecule has 1 unspecified atom stereocenters. The second-order valence-corrected chi connectivity index (χ2v) is 10.3. The van der Waals surface area contributed by atoms with Crippen LogP contribution in [0, 0.1) is 5.82 Å². The van der Waals surface area contributed by atoms with E-state index >= 15 is 0 Å². The monoisotopic (exact) mass is 475 g/mol. The molecule has 2 aromatic carbocycles. The second kappa shape index (κ2) is 9.42. The molecule has 3 rings (SSSR count). The van der Waals surface area contributed by atoms with Crippen LogP contribution >= 0.6 is 0 Å². The Morgan fingerprint density at radius 3 is 2.18 bits per heavy atom. The number of ketones is 1. The fraction of sp³-hybridized carbons (Fsp3) is 0.304. The molecule has 1 saturated heterocycles. The first kappa shape index (κ1) is 24.6. The number of likely N-dealkylation sites (tertiary alicyclic amines) is 1. The molecule has 33 heavy (non-hydrogen) atoms. The average molecular weight is 476 g/mol. The number of benzene rings is 2. The summed E-state index contributed by atoms with van der Waals surface area (Å²) in [5, 5.41) is 11.0. The maximum atomic E-state index is 14.7. The van der Waals surface area contributed by atoms with Crippen molar-refractivity contribution in [3.05, 3.63) is 71.0 Å². The van der Waals surface area contributed by atoms with Crippen LogP contribution in [-0.2, 0) is 19.6 Å². The third-order valence-electron chi connectivity index (χ3n) is 5.43. The van der Waals surface area contributed by atoms with E-state index in [1.54, 1.807) is 20.2 Å². The summed E-state index contributed by atoms with van der Waals surface area (Å²) < 4.78 is 40.4. The smallest absolute Gasteiger partial charge is 0.295 e. The van der Waals surface area contributed by atoms with E-state index in [-0.39, 0.29) is 28.1 Å². The number of aliphatic hydroxyl groups is 1. The van der Waals surface area contributed by atoms with Gasteiger partial charge in [0.2, 0.25) is 10.0 Å². The third kappa shape index (κ3) is 4.68. The van der Waals surface area contributed by atoms with Crippen molar-refractivity contribution in [3.63, 3.8) is 0 Å². The number of Topliss-reactive ketones (excluding diaryl/α,β-unsaturated/α-hetero) is 1. The number of aliphatic hydroxyl groups excluding tert-OH is 1. The van der Waals surface area contributed by atoms with E-state index in [9.17, 15) is 27.5 Å². The van der Waals surface area contributed by atoms with Gasteiger partial charge in [-0.05, 0) is 44.4 Å². The van der Waals surface area contributed by atoms with Crippen molar-refractivity contribution in [3.8, 4) is 0 Å². The summed E-state index contributed by atoms with van der Waals surface area (Å²) in [6, 6.07) is 9.94. The van der Waals surface area contributed by atoms with Gasteiger partial charge in [0.1, 0.15) is 11.6 Å². The van der Waals surface area contributed by atoms with Gasteiger partial charge < -0.3 is 14.9 Å². The van der Waals surface area contributed by atoms with E-state index in [0.29, 0.717) is 6.54 Å². The predicted octanol–water partition coefficient (Wildman–Crippen LogP) is 2.06. The summed E-state index contributed by atoms with van der Waals surface area (Å²) in [5.74, 6) is -2.87. The molecule has 0 radical (unpaired) electrons. The quantitative estimate of drug-likeness (QED) is 0.374. The summed E-state index contributed by atoms with van der Waals surface area (Å²) in [6.07, 6.45) is 0. The molecule has 1 fully saturated rings. The molecule has 10 heteroatoms. The molecule has 2 aromatic rings. The van der Waals surface area contributed by atoms with E-state index in [1.807, 2.05) is 4.90 Å². The van der Waals surface area contributed by atoms with Gasteiger partial charge in [-0.15, -0.1) is 0 Å². The van der Waals surface area contributed by atoms with E-state index in [2.05, 4.69) is 0 Å². The average Bonchev–Trinajstić information content (AvgIpc) is 3.02. The molecule has 1 atom stereocenters. The van der Waals surface area contributed by atoms with E-state index in [1.165, 1.54) is 61.5 Å². The van der Waals surface area contributed by atoms with Crippen molar-refractivity contribution in [2.75, 3.05) is 41.3 Å². The SMILES string of the molecule is CN(C)CCN1C(=O)C(=O)/C(=C(\O)c2ccc(S(=O)(=O)N(C)C)cc2)C1c1ccccc1F. The van der Waals surface area contributed by atoms with Crippen molar-refractivity contribution in [2.24, 2.45) is 0 Å². The Bertz CT molecular complexity index is 1210. The number of rotatable bonds is 7. The molecule has 1 heterocycles. The Morgan fingerprint density at radius 1 is 1.03 bits per heavy atom. The predicted molar refractivity (Wildman–Crippen MR) is 121 cm³/mol. The first-order valence-electron chi connectivity index (χ1n) is 10.2. The molecule has 0 bridgehead atoms. The lowest BCUT2D eigenvalue weighted by Crippen LogP contribution is -2.35. The lowest BCUT2D eigenvalue weighted by atomic mass is 9.95. The van der Waals surface area contributed by atoms with Gasteiger partial charge in [-0.1, -0.05) is 18.2 Å². The first-order valence-corrected chi connectivity index (χ1v) is 11.6. The van der Waals surface area contributed by atoms with Gasteiger partial charge in [-0.2, -0.15) is 0 Å². The first-order chi connectivity index (χ1) is 15.5. The van der Waals surface area contributed by atoms with Gasteiger partial charge in [-0.3, -0.25) is 9.59 Å². The summed E-state index contributed by atoms with van der Waals surface area (Å²) >= 11 is 0. The molecule has 8 nitrogen and oxygen atoms in total. The van der Waals surface area contributed by atoms with Crippen molar-refractivity contribution >= 4 is 27.5 Å². The van der Waals surface area contributed by atoms with Crippen LogP contribution in [0.5, 0.6) is 0 Å². The Labute approximate surface area is 192 Å². The molecule has 0 spiro atoms. The number of likely N-dealkylation sites (N-methyl/N-ethyl adjacent to an activating group) is 1. The summed E-state index contributed by atoms with van der Waals surface area (Å²) in [6.45, 7) is 0.572. The Kier molecular flexibility index (Phi) is 7.01. The zero-order valence-electron chi connectivity index (χ0n) is 18.8. The standard InChI is InChI=1S/C23H26FN3O5S/c1-25(2)13-14-27-20(17-7-5-6-8-18(17)24)19(22(29)23(27)30)21(28)15-9-11-16(12-10-15)33(31,32)26(3)4/h5-12,20,28H,13-14H2,1-4H3/b21-19-. The zero-order chi connectivity index (χ0) is 24.5. The number of amides is 1. The zero-order valence-corrected chi connectivity index (χ0v) is 19.6. The second-order valence-electron chi connectivity index (χ2n) is 8.13. The summed E-state index contributed by atoms with van der Waals surface area (Å²) in [5.41, 5.74) is -0.0180. The molecule has 0 saturated carbocycles. The summed E-state index contributed by atoms with van der Waals surface area (Å²) in [4.78, 5) is 28.8. The van der Waals surface area contributed by atoms with Gasteiger partial charge in [0.25, 0.3) is 11.7 Å². The van der Waals surface area contributed by atoms with Crippen molar-refractivity contribution in [2.45, 2.75) is 10.9 Å². The lowest BCUT2D eigenvalue weighted by Gasteiger charge is -2.26. The van der Waals surface area contributed by atoms with E-state index in [0.717, 1.165) is 4.31 Å². The molecule has 0 aliphatic carbocycles. The lowest BCUT2D eigenvalue weighted by molar-refractivity contribution is -0.140. The number of hydrogen-bond acceptors (Lipinski definition) is 6. The number of halogens is 1. The van der Waals surface area contributed by atoms with Crippen molar-refractivity contribution in [1.29, 1.82) is 0 Å². The minimum atomic E-state index is -3.69. The number of sulfonamides is 1. The Hall–Kier alpha value is -3.08. The fourth-order valence-corrected chi connectivity index (χ4v) is 4.49. The van der Waals surface area contributed by atoms with Crippen LogP contribution in [0.25, 0.3) is 5.76 Å². The molecular weight excluding hydrogens is 449 g/mol. The third-order valence-corrected chi connectivity index (χ3v) is 7.26. The van der Waals surface area contributed by atoms with Gasteiger partial charge in [-0.25, -0.2) is 17.1 Å². The van der Waals surface area contributed by atoms with E-state index in [4.69, 9.17) is 0 Å². The molecule has 0 aromatic heterocycles. The van der Waals surface area contributed by atoms with Crippen molar-refractivity contribution in [1.82, 2.24) is 14.1 Å². The molecular formula is C23H26FN3O5S. The number of hydrogen-bond donors (Lipinski definition) is 1. The highest BCUT2D eigenvalue weighted by Gasteiger charge is 2.46. The highest BCUT2D eigenvalue weighted by atomic mass is 32.2. The maximum Gasteiger partial charge on any atom is 0.295 e. The minimum absolute atomic E-state index is 0.00105. The minimum Gasteiger partial charge on any atom is -0.507 e. The maximum absolute atomic E-state index is 14.7. The van der Waals surface area contributed by atoms with Crippen LogP contribution in [0.1, 0.15) is 17.2 Å². The van der Waals surface area contributed by atoms with Crippen LogP contribution in [0.15, 0.2) is 59.0 Å². The summed E-state index contributed by atoms with van der Waals surface area (Å²) in [7, 11) is 2.71. The molecule has 1 aliphatic rings. The molecule has 176 valence electrons. The van der Waals surface area contributed by atoms with Crippen LogP contribution in [0.3, 0.4) is 0 Å². The van der Waals surface area contributed by atoms with Gasteiger partial charge in [0.05, 0.1) is 16.5 Å². The van der Waals surface area contributed by atoms with Crippen LogP contribution in [-0.4, -0.2) is 80.6 Å². The normalized spacial score (nSPS) is 18.5. The number of nitrogens with zero attached hydrogens (tertiary/aromatic N) is 3. The van der Waals surface area contributed by atoms with Crippen LogP contribution in [0.4, 0.5) is 4.39 Å².